The van der Waals surface area contributed by atoms with E-state index in [9.17, 15) is 39.6 Å². The first-order chi connectivity index (χ1) is 19.8. The molecule has 7 N–H and O–H groups in total. The van der Waals surface area contributed by atoms with Crippen LogP contribution in [0.5, 0.6) is 5.75 Å². The Morgan fingerprint density at radius 2 is 1.83 bits per heavy atom. The number of aryl methyl sites for hydroxylation is 1. The maximum absolute atomic E-state index is 14.0. The fourth-order valence-corrected chi connectivity index (χ4v) is 6.93. The highest BCUT2D eigenvalue weighted by Crippen LogP contribution is 2.52. The number of allylic oxidation sites excluding steroid dienone is 1. The Kier molecular flexibility index (Phi) is 7.54. The number of fused-ring (bicyclic) bond motifs is 3. The molecular formula is C29H36N4O9. The molecule has 1 heterocycles. The lowest BCUT2D eigenvalue weighted by Gasteiger charge is -2.50. The van der Waals surface area contributed by atoms with Crippen LogP contribution in [0.25, 0.3) is 0 Å². The summed E-state index contributed by atoms with van der Waals surface area (Å²) in [7, 11) is 3.15. The van der Waals surface area contributed by atoms with Crippen LogP contribution in [-0.4, -0.2) is 106 Å². The zero-order valence-corrected chi connectivity index (χ0v) is 23.8. The lowest BCUT2D eigenvalue weighted by Crippen LogP contribution is -2.63. The number of nitrogens with one attached hydrogen (secondary N) is 1. The highest BCUT2D eigenvalue weighted by Gasteiger charge is 2.63. The van der Waals surface area contributed by atoms with Crippen molar-refractivity contribution >= 4 is 23.5 Å². The molecule has 0 radical (unpaired) electrons. The van der Waals surface area contributed by atoms with Crippen LogP contribution >= 0.6 is 0 Å². The molecule has 4 atom stereocenters. The number of hydrogen-bond acceptors (Lipinski definition) is 10. The lowest BCUT2D eigenvalue weighted by atomic mass is 9.58. The number of rotatable bonds is 5. The molecule has 1 aromatic carbocycles. The number of morpholine rings is 1. The van der Waals surface area contributed by atoms with Gasteiger partial charge in [-0.05, 0) is 56.0 Å². The average Bonchev–Trinajstić information content (AvgIpc) is 2.94. The molecule has 5 rings (SSSR count). The highest BCUT2D eigenvalue weighted by atomic mass is 16.5. The zero-order chi connectivity index (χ0) is 30.7. The van der Waals surface area contributed by atoms with Gasteiger partial charge in [-0.2, -0.15) is 0 Å². The lowest BCUT2D eigenvalue weighted by molar-refractivity contribution is -0.148. The van der Waals surface area contributed by atoms with E-state index < -0.39 is 58.0 Å². The van der Waals surface area contributed by atoms with E-state index in [-0.39, 0.29) is 42.3 Å². The normalized spacial score (nSPS) is 27.5. The minimum atomic E-state index is -2.70. The van der Waals surface area contributed by atoms with Crippen LogP contribution in [0.2, 0.25) is 0 Å². The first-order valence-electron chi connectivity index (χ1n) is 14.0. The van der Waals surface area contributed by atoms with E-state index in [1.165, 1.54) is 4.90 Å². The number of ketones is 2. The van der Waals surface area contributed by atoms with Gasteiger partial charge in [0.15, 0.2) is 11.4 Å². The van der Waals surface area contributed by atoms with Gasteiger partial charge >= 0.3 is 6.03 Å². The van der Waals surface area contributed by atoms with E-state index in [2.05, 4.69) is 5.32 Å². The third-order valence-corrected chi connectivity index (χ3v) is 9.00. The van der Waals surface area contributed by atoms with Gasteiger partial charge in [-0.1, -0.05) is 13.0 Å². The third-order valence-electron chi connectivity index (χ3n) is 9.00. The van der Waals surface area contributed by atoms with Gasteiger partial charge in [-0.3, -0.25) is 19.3 Å². The summed E-state index contributed by atoms with van der Waals surface area (Å²) in [5, 5.41) is 48.2. The van der Waals surface area contributed by atoms with Crippen molar-refractivity contribution in [3.63, 3.8) is 0 Å². The summed E-state index contributed by atoms with van der Waals surface area (Å²) in [6.45, 7) is 3.64. The smallest absolute Gasteiger partial charge is 0.317 e. The van der Waals surface area contributed by atoms with Crippen molar-refractivity contribution in [1.29, 1.82) is 0 Å². The fraction of sp³-hybridized carbons (Fsp3) is 0.517. The number of aliphatic hydroxyl groups excluding tert-OH is 2. The first kappa shape index (κ1) is 29.5. The van der Waals surface area contributed by atoms with Crippen molar-refractivity contribution in [2.24, 2.45) is 17.6 Å². The van der Waals surface area contributed by atoms with Crippen LogP contribution in [0, 0.1) is 11.8 Å². The molecule has 42 heavy (non-hydrogen) atoms. The average molecular weight is 585 g/mol. The van der Waals surface area contributed by atoms with Gasteiger partial charge in [0.05, 0.1) is 24.8 Å². The summed E-state index contributed by atoms with van der Waals surface area (Å²) in [6, 6.07) is 0.386. The van der Waals surface area contributed by atoms with Crippen molar-refractivity contribution in [3.8, 4) is 5.75 Å². The molecule has 1 aliphatic heterocycles. The third kappa shape index (κ3) is 4.34. The zero-order valence-electron chi connectivity index (χ0n) is 23.8. The number of amides is 3. The SMILES string of the molecule is CCc1cc(CNC(=O)N2CCOCC2)c2c(c1O)C(=O)C1=C(O)[C@]3(O)C(=O)C(C(N)=O)=C(O)C(N(C)C)[C@@H]3C[C@@H]1C2. The molecule has 13 nitrogen and oxygen atoms in total. The molecule has 0 aromatic heterocycles. The summed E-state index contributed by atoms with van der Waals surface area (Å²) < 4.78 is 5.30. The Morgan fingerprint density at radius 1 is 1.17 bits per heavy atom. The molecule has 1 saturated heterocycles. The molecule has 0 saturated carbocycles. The van der Waals surface area contributed by atoms with Gasteiger partial charge in [0.2, 0.25) is 5.78 Å². The number of phenols is 1. The second-order valence-electron chi connectivity index (χ2n) is 11.5. The number of aliphatic hydroxyl groups is 3. The van der Waals surface area contributed by atoms with E-state index in [0.29, 0.717) is 49.4 Å². The summed E-state index contributed by atoms with van der Waals surface area (Å²) in [5.74, 6) is -6.93. The Labute approximate surface area is 242 Å². The van der Waals surface area contributed by atoms with Gasteiger partial charge in [0, 0.05) is 31.1 Å². The first-order valence-corrected chi connectivity index (χ1v) is 14.0. The number of phenolic OH excluding ortho intramolecular Hbond substituents is 1. The Balaban J connectivity index is 1.60. The minimum absolute atomic E-state index is 0.0123. The predicted molar refractivity (Wildman–Crippen MR) is 148 cm³/mol. The number of nitrogens with zero attached hydrogens (tertiary/aromatic N) is 2. The van der Waals surface area contributed by atoms with Crippen LogP contribution < -0.4 is 11.1 Å². The maximum atomic E-state index is 14.0. The molecule has 0 bridgehead atoms. The number of carbonyl (C=O) groups is 4. The van der Waals surface area contributed by atoms with Gasteiger partial charge in [-0.25, -0.2) is 4.79 Å². The molecule has 0 spiro atoms. The molecule has 1 fully saturated rings. The highest BCUT2D eigenvalue weighted by molar-refractivity contribution is 6.24. The van der Waals surface area contributed by atoms with Crippen LogP contribution in [-0.2, 0) is 33.7 Å². The Bertz CT molecular complexity index is 1440. The van der Waals surface area contributed by atoms with Gasteiger partial charge in [0.1, 0.15) is 22.8 Å². The molecule has 13 heteroatoms. The van der Waals surface area contributed by atoms with Crippen LogP contribution in [0.15, 0.2) is 28.7 Å². The molecule has 3 amide bonds. The molecule has 226 valence electrons. The number of aromatic hydroxyl groups is 1. The quantitative estimate of drug-likeness (QED) is 0.260. The number of Topliss-reactive ketones (excluding diaryl/α,β-unsaturated/α-hetero) is 2. The van der Waals surface area contributed by atoms with E-state index in [0.717, 1.165) is 0 Å². The molecule has 4 aliphatic rings. The van der Waals surface area contributed by atoms with Crippen molar-refractivity contribution in [2.45, 2.75) is 44.4 Å². The topological polar surface area (TPSA) is 203 Å². The Morgan fingerprint density at radius 3 is 2.43 bits per heavy atom. The van der Waals surface area contributed by atoms with E-state index in [1.54, 1.807) is 32.0 Å². The number of benzene rings is 1. The summed E-state index contributed by atoms with van der Waals surface area (Å²) in [4.78, 5) is 55.6. The Hall–Kier alpha value is -3.94. The van der Waals surface area contributed by atoms with E-state index in [1.807, 2.05) is 0 Å². The van der Waals surface area contributed by atoms with Crippen molar-refractivity contribution in [1.82, 2.24) is 15.1 Å². The standard InChI is InChI=1S/C29H36N4O9/c1-4-13-9-15(12-31-28(40)33-5-7-42-8-6-33)16-10-14-11-17-21(32(2)3)24(36)20(27(30)39)26(38)29(17,41)25(37)18(14)23(35)19(16)22(13)34/h9,14,17,21,34,36-37,41H,4-8,10-12H2,1-3H3,(H2,30,39)(H,31,40)/t14-,17-,21?,29-/m0/s1. The van der Waals surface area contributed by atoms with Gasteiger partial charge < -0.3 is 41.1 Å². The molecule has 1 aromatic rings. The number of hydrogen-bond donors (Lipinski definition) is 6. The van der Waals surface area contributed by atoms with Crippen molar-refractivity contribution < 1.29 is 44.3 Å². The fourth-order valence-electron chi connectivity index (χ4n) is 6.93. The second kappa shape index (κ2) is 10.7. The second-order valence-corrected chi connectivity index (χ2v) is 11.5. The summed E-state index contributed by atoms with van der Waals surface area (Å²) >= 11 is 0. The van der Waals surface area contributed by atoms with E-state index >= 15 is 0 Å². The number of carbonyl (C=O) groups excluding carboxylic acids is 4. The number of nitrogens with two attached hydrogens (primary N) is 1. The molecular weight excluding hydrogens is 548 g/mol. The van der Waals surface area contributed by atoms with Gasteiger partial charge in [0.25, 0.3) is 5.91 Å². The van der Waals surface area contributed by atoms with Crippen molar-refractivity contribution in [3.05, 3.63) is 51.0 Å². The van der Waals surface area contributed by atoms with Crippen LogP contribution in [0.3, 0.4) is 0 Å². The number of likely N-dealkylation sites (N-methyl/N-ethyl adjacent to an activating group) is 1. The maximum Gasteiger partial charge on any atom is 0.317 e. The van der Waals surface area contributed by atoms with Gasteiger partial charge in [-0.15, -0.1) is 0 Å². The number of ether oxygens (including phenoxy) is 1. The predicted octanol–water partition coefficient (Wildman–Crippen LogP) is 0.225. The van der Waals surface area contributed by atoms with E-state index in [4.69, 9.17) is 10.5 Å². The van der Waals surface area contributed by atoms with Crippen LogP contribution in [0.1, 0.15) is 40.4 Å². The monoisotopic (exact) mass is 584 g/mol. The number of urea groups is 1. The molecule has 3 aliphatic carbocycles. The molecule has 1 unspecified atom stereocenters. The largest absolute Gasteiger partial charge is 0.510 e. The summed E-state index contributed by atoms with van der Waals surface area (Å²) in [6.07, 6.45) is 0.503. The summed E-state index contributed by atoms with van der Waals surface area (Å²) in [5.41, 5.74) is 3.12. The minimum Gasteiger partial charge on any atom is -0.510 e. The van der Waals surface area contributed by atoms with Crippen molar-refractivity contribution in [2.75, 3.05) is 40.4 Å². The number of primary amides is 1. The van der Waals surface area contributed by atoms with Crippen LogP contribution in [0.4, 0.5) is 4.79 Å².